The van der Waals surface area contributed by atoms with Crippen molar-refractivity contribution >= 4 is 19.8 Å². The van der Waals surface area contributed by atoms with E-state index in [9.17, 15) is 24.2 Å². The van der Waals surface area contributed by atoms with Crippen molar-refractivity contribution in [2.45, 2.75) is 180 Å². The highest BCUT2D eigenvalue weighted by molar-refractivity contribution is 7.47. The van der Waals surface area contributed by atoms with Crippen molar-refractivity contribution in [1.82, 2.24) is 0 Å². The van der Waals surface area contributed by atoms with Gasteiger partial charge in [-0.2, -0.15) is 0 Å². The Balaban J connectivity index is 4.35. The van der Waals surface area contributed by atoms with E-state index in [1.165, 1.54) is 64.2 Å². The van der Waals surface area contributed by atoms with Gasteiger partial charge in [0.1, 0.15) is 12.7 Å². The van der Waals surface area contributed by atoms with Gasteiger partial charge in [-0.05, 0) is 57.8 Å². The lowest BCUT2D eigenvalue weighted by molar-refractivity contribution is -0.161. The lowest BCUT2D eigenvalue weighted by atomic mass is 10.1. The van der Waals surface area contributed by atoms with Crippen LogP contribution in [0, 0.1) is 0 Å². The molecule has 0 saturated heterocycles. The summed E-state index contributed by atoms with van der Waals surface area (Å²) in [6.45, 7) is 2.19. The number of esters is 2. The molecule has 3 N–H and O–H groups in total. The average Bonchev–Trinajstić information content (AvgIpc) is 3.17. The standard InChI is InChI=1S/C44H77O10P/c1-3-5-7-9-11-13-15-17-19-20-22-23-25-27-29-31-33-35-43(47)51-39-42(40-53-55(49,50)52-38-41(46)37-45)54-44(48)36-34-32-30-28-26-24-21-18-16-14-12-10-8-6-4-2/h6,8,10,12,14,16-19,21,41-42,45-46H,3-5,7,9,11,13,15,20,22-40H2,1-2H3,(H,49,50)/b8-6+,12-10+,16-14+,19-17+,21-18+/t41-,42+/m0/s1. The van der Waals surface area contributed by atoms with Crippen molar-refractivity contribution in [3.63, 3.8) is 0 Å². The van der Waals surface area contributed by atoms with Crippen molar-refractivity contribution in [2.24, 2.45) is 0 Å². The molecule has 0 radical (unpaired) electrons. The number of unbranched alkanes of at least 4 members (excludes halogenated alkanes) is 18. The van der Waals surface area contributed by atoms with Crippen LogP contribution in [0.1, 0.15) is 168 Å². The van der Waals surface area contributed by atoms with Gasteiger partial charge in [-0.25, -0.2) is 4.57 Å². The third-order valence-corrected chi connectivity index (χ3v) is 9.70. The summed E-state index contributed by atoms with van der Waals surface area (Å²) in [6.07, 6.45) is 43.3. The number of carbonyl (C=O) groups is 2. The number of allylic oxidation sites excluding steroid dienone is 10. The predicted octanol–water partition coefficient (Wildman–Crippen LogP) is 11.1. The smallest absolute Gasteiger partial charge is 0.462 e. The average molecular weight is 797 g/mol. The number of rotatable bonds is 39. The quantitative estimate of drug-likeness (QED) is 0.0180. The van der Waals surface area contributed by atoms with Gasteiger partial charge in [0, 0.05) is 12.8 Å². The summed E-state index contributed by atoms with van der Waals surface area (Å²) < 4.78 is 32.7. The van der Waals surface area contributed by atoms with Crippen LogP contribution < -0.4 is 0 Å². The van der Waals surface area contributed by atoms with E-state index >= 15 is 0 Å². The fourth-order valence-corrected chi connectivity index (χ4v) is 6.26. The van der Waals surface area contributed by atoms with Gasteiger partial charge < -0.3 is 24.6 Å². The van der Waals surface area contributed by atoms with Crippen molar-refractivity contribution in [3.8, 4) is 0 Å². The summed E-state index contributed by atoms with van der Waals surface area (Å²) in [5, 5.41) is 18.3. The highest BCUT2D eigenvalue weighted by Crippen LogP contribution is 2.43. The molecular formula is C44H77O10P. The third-order valence-electron chi connectivity index (χ3n) is 8.75. The molecule has 10 nitrogen and oxygen atoms in total. The zero-order valence-corrected chi connectivity index (χ0v) is 35.3. The first kappa shape index (κ1) is 52.7. The van der Waals surface area contributed by atoms with E-state index in [1.807, 2.05) is 36.5 Å². The Kier molecular flexibility index (Phi) is 38.2. The van der Waals surface area contributed by atoms with E-state index in [0.717, 1.165) is 64.2 Å². The van der Waals surface area contributed by atoms with Crippen LogP contribution in [-0.2, 0) is 32.7 Å². The molecule has 0 bridgehead atoms. The van der Waals surface area contributed by atoms with Gasteiger partial charge in [0.25, 0.3) is 0 Å². The summed E-state index contributed by atoms with van der Waals surface area (Å²) in [6, 6.07) is 0. The molecule has 0 aliphatic rings. The molecule has 0 aromatic carbocycles. The predicted molar refractivity (Wildman–Crippen MR) is 224 cm³/mol. The van der Waals surface area contributed by atoms with Gasteiger partial charge >= 0.3 is 19.8 Å². The lowest BCUT2D eigenvalue weighted by Gasteiger charge is -2.20. The van der Waals surface area contributed by atoms with Gasteiger partial charge in [-0.1, -0.05) is 158 Å². The van der Waals surface area contributed by atoms with E-state index in [0.29, 0.717) is 12.8 Å². The minimum atomic E-state index is -4.63. The number of phosphoric acid groups is 1. The molecule has 0 aromatic rings. The summed E-state index contributed by atoms with van der Waals surface area (Å²) in [5.74, 6) is -0.960. The van der Waals surface area contributed by atoms with Gasteiger partial charge in [0.2, 0.25) is 0 Å². The van der Waals surface area contributed by atoms with Crippen LogP contribution in [-0.4, -0.2) is 65.7 Å². The number of aliphatic hydroxyl groups is 2. The zero-order chi connectivity index (χ0) is 40.5. The number of phosphoric ester groups is 1. The first-order chi connectivity index (χ1) is 26.7. The molecule has 55 heavy (non-hydrogen) atoms. The largest absolute Gasteiger partial charge is 0.472 e. The Bertz CT molecular complexity index is 1100. The van der Waals surface area contributed by atoms with Gasteiger partial charge in [-0.3, -0.25) is 18.6 Å². The normalized spacial score (nSPS) is 14.5. The van der Waals surface area contributed by atoms with Crippen LogP contribution in [0.2, 0.25) is 0 Å². The van der Waals surface area contributed by atoms with E-state index in [2.05, 4.69) is 42.7 Å². The monoisotopic (exact) mass is 797 g/mol. The molecule has 0 spiro atoms. The Hall–Kier alpha value is -2.33. The molecule has 0 amide bonds. The second kappa shape index (κ2) is 39.9. The SMILES string of the molecule is CC/C=C/C=C/C=C/C=C/CCCCCCCC(=O)O[C@H](COC(=O)CCCCCCCCC/C=C/CCCCCCCC)COP(=O)(O)OC[C@@H](O)CO. The maximum atomic E-state index is 12.6. The van der Waals surface area contributed by atoms with Crippen molar-refractivity contribution < 1.29 is 47.8 Å². The molecule has 3 atom stereocenters. The van der Waals surface area contributed by atoms with Gasteiger partial charge in [-0.15, -0.1) is 0 Å². The topological polar surface area (TPSA) is 149 Å². The first-order valence-electron chi connectivity index (χ1n) is 21.3. The van der Waals surface area contributed by atoms with E-state index < -0.39 is 51.8 Å². The Morgan fingerprint density at radius 1 is 0.564 bits per heavy atom. The van der Waals surface area contributed by atoms with Crippen molar-refractivity contribution in [3.05, 3.63) is 60.8 Å². The molecule has 0 aliphatic heterocycles. The number of aliphatic hydroxyl groups excluding tert-OH is 2. The minimum absolute atomic E-state index is 0.155. The lowest BCUT2D eigenvalue weighted by Crippen LogP contribution is -2.29. The number of hydrogen-bond acceptors (Lipinski definition) is 9. The maximum Gasteiger partial charge on any atom is 0.472 e. The molecule has 0 rings (SSSR count). The summed E-state index contributed by atoms with van der Waals surface area (Å²) in [7, 11) is -4.63. The number of hydrogen-bond donors (Lipinski definition) is 3. The Morgan fingerprint density at radius 3 is 1.56 bits per heavy atom. The van der Waals surface area contributed by atoms with E-state index in [-0.39, 0.29) is 19.4 Å². The van der Waals surface area contributed by atoms with Crippen LogP contribution in [0.3, 0.4) is 0 Å². The van der Waals surface area contributed by atoms with Crippen molar-refractivity contribution in [2.75, 3.05) is 26.4 Å². The molecular weight excluding hydrogens is 719 g/mol. The summed E-state index contributed by atoms with van der Waals surface area (Å²) in [5.41, 5.74) is 0. The maximum absolute atomic E-state index is 12.6. The Labute approximate surface area is 334 Å². The van der Waals surface area contributed by atoms with Gasteiger partial charge in [0.05, 0.1) is 19.8 Å². The van der Waals surface area contributed by atoms with Crippen LogP contribution in [0.5, 0.6) is 0 Å². The minimum Gasteiger partial charge on any atom is -0.462 e. The summed E-state index contributed by atoms with van der Waals surface area (Å²) in [4.78, 5) is 35.0. The molecule has 0 heterocycles. The van der Waals surface area contributed by atoms with Crippen LogP contribution in [0.4, 0.5) is 0 Å². The molecule has 0 fully saturated rings. The fourth-order valence-electron chi connectivity index (χ4n) is 5.47. The highest BCUT2D eigenvalue weighted by Gasteiger charge is 2.27. The molecule has 0 aliphatic carbocycles. The molecule has 318 valence electrons. The second-order valence-corrected chi connectivity index (χ2v) is 15.5. The number of ether oxygens (including phenoxy) is 2. The van der Waals surface area contributed by atoms with E-state index in [4.69, 9.17) is 19.1 Å². The van der Waals surface area contributed by atoms with Crippen molar-refractivity contribution in [1.29, 1.82) is 0 Å². The third kappa shape index (κ3) is 39.7. The Morgan fingerprint density at radius 2 is 1.02 bits per heavy atom. The van der Waals surface area contributed by atoms with Crippen LogP contribution in [0.25, 0.3) is 0 Å². The zero-order valence-electron chi connectivity index (χ0n) is 34.4. The highest BCUT2D eigenvalue weighted by atomic mass is 31.2. The number of carbonyl (C=O) groups excluding carboxylic acids is 2. The summed E-state index contributed by atoms with van der Waals surface area (Å²) >= 11 is 0. The first-order valence-corrected chi connectivity index (χ1v) is 22.8. The van der Waals surface area contributed by atoms with Crippen LogP contribution in [0.15, 0.2) is 60.8 Å². The molecule has 11 heteroatoms. The molecule has 1 unspecified atom stereocenters. The molecule has 0 saturated carbocycles. The molecule has 0 aromatic heterocycles. The second-order valence-electron chi connectivity index (χ2n) is 14.1. The van der Waals surface area contributed by atoms with E-state index in [1.54, 1.807) is 0 Å². The fraction of sp³-hybridized carbons (Fsp3) is 0.727. The van der Waals surface area contributed by atoms with Crippen LogP contribution >= 0.6 is 7.82 Å². The van der Waals surface area contributed by atoms with Gasteiger partial charge in [0.15, 0.2) is 6.10 Å².